The number of carbonyl (C=O) groups is 1. The van der Waals surface area contributed by atoms with Crippen LogP contribution in [0.15, 0.2) is 72.9 Å². The number of amides is 1. The molecule has 0 saturated heterocycles. The fourth-order valence-corrected chi connectivity index (χ4v) is 3.48. The van der Waals surface area contributed by atoms with Gasteiger partial charge < -0.3 is 10.3 Å². The number of carbonyl (C=O) groups excluding carboxylic acids is 1. The minimum absolute atomic E-state index is 0.208. The number of hydrogen-bond donors (Lipinski definition) is 2. The molecule has 4 aromatic rings. The zero-order valence-electron chi connectivity index (χ0n) is 14.9. The molecule has 2 N–H and O–H groups in total. The van der Waals surface area contributed by atoms with Gasteiger partial charge in [0.15, 0.2) is 0 Å². The van der Waals surface area contributed by atoms with Crippen LogP contribution in [0, 0.1) is 0 Å². The van der Waals surface area contributed by atoms with E-state index in [9.17, 15) is 4.79 Å². The predicted octanol–water partition coefficient (Wildman–Crippen LogP) is 6.96. The van der Waals surface area contributed by atoms with Gasteiger partial charge in [0, 0.05) is 11.3 Å². The van der Waals surface area contributed by atoms with Crippen LogP contribution in [0.25, 0.3) is 22.6 Å². The summed E-state index contributed by atoms with van der Waals surface area (Å²) in [5.74, 6) is 0.237. The summed E-state index contributed by atoms with van der Waals surface area (Å²) in [6, 6.07) is 19.9. The monoisotopic (exact) mass is 441 g/mol. The SMILES string of the molecule is O=C(Nc1ccc(Cl)c(-c2ncc(-c3ccccc3)[nH]2)c1)c1cccc(Cl)c1Cl. The molecule has 0 bridgehead atoms. The minimum atomic E-state index is -0.366. The third-order valence-electron chi connectivity index (χ3n) is 4.34. The molecule has 1 heterocycles. The molecule has 0 aliphatic carbocycles. The van der Waals surface area contributed by atoms with Crippen molar-refractivity contribution in [2.45, 2.75) is 0 Å². The van der Waals surface area contributed by atoms with E-state index in [2.05, 4.69) is 15.3 Å². The van der Waals surface area contributed by atoms with Gasteiger partial charge in [-0.05, 0) is 35.9 Å². The van der Waals surface area contributed by atoms with Crippen LogP contribution in [0.4, 0.5) is 5.69 Å². The Morgan fingerprint density at radius 2 is 1.69 bits per heavy atom. The second-order valence-electron chi connectivity index (χ2n) is 6.26. The quantitative estimate of drug-likeness (QED) is 0.359. The molecule has 0 fully saturated rings. The van der Waals surface area contributed by atoms with Crippen LogP contribution in [0.1, 0.15) is 10.4 Å². The molecule has 144 valence electrons. The first-order chi connectivity index (χ1) is 14.0. The van der Waals surface area contributed by atoms with Gasteiger partial charge in [-0.3, -0.25) is 4.79 Å². The summed E-state index contributed by atoms with van der Waals surface area (Å²) in [5, 5.41) is 3.86. The summed E-state index contributed by atoms with van der Waals surface area (Å²) in [6.45, 7) is 0. The number of H-pyrrole nitrogens is 1. The van der Waals surface area contributed by atoms with Crippen LogP contribution >= 0.6 is 34.8 Å². The van der Waals surface area contributed by atoms with Crippen LogP contribution in [-0.2, 0) is 0 Å². The molecule has 0 saturated carbocycles. The lowest BCUT2D eigenvalue weighted by molar-refractivity contribution is 0.102. The maximum Gasteiger partial charge on any atom is 0.257 e. The van der Waals surface area contributed by atoms with Crippen molar-refractivity contribution in [3.05, 3.63) is 93.6 Å². The molecule has 4 rings (SSSR count). The number of hydrogen-bond acceptors (Lipinski definition) is 2. The normalized spacial score (nSPS) is 10.7. The highest BCUT2D eigenvalue weighted by Crippen LogP contribution is 2.31. The maximum atomic E-state index is 12.6. The molecule has 1 aromatic heterocycles. The number of aromatic nitrogens is 2. The fourth-order valence-electron chi connectivity index (χ4n) is 2.88. The Morgan fingerprint density at radius 3 is 2.48 bits per heavy atom. The highest BCUT2D eigenvalue weighted by Gasteiger charge is 2.15. The minimum Gasteiger partial charge on any atom is -0.338 e. The van der Waals surface area contributed by atoms with E-state index in [1.54, 1.807) is 42.6 Å². The third kappa shape index (κ3) is 4.15. The van der Waals surface area contributed by atoms with E-state index in [-0.39, 0.29) is 10.9 Å². The number of benzene rings is 3. The summed E-state index contributed by atoms with van der Waals surface area (Å²) in [5.41, 5.74) is 3.41. The predicted molar refractivity (Wildman–Crippen MR) is 119 cm³/mol. The van der Waals surface area contributed by atoms with Gasteiger partial charge in [0.25, 0.3) is 5.91 Å². The van der Waals surface area contributed by atoms with Crippen molar-refractivity contribution in [3.63, 3.8) is 0 Å². The standard InChI is InChI=1S/C22H14Cl3N3O/c23-17-10-9-14(27-22(29)15-7-4-8-18(24)20(15)25)11-16(17)21-26-12-19(28-21)13-5-2-1-3-6-13/h1-12H,(H,26,28)(H,27,29). The number of aromatic amines is 1. The van der Waals surface area contributed by atoms with Crippen molar-refractivity contribution in [1.29, 1.82) is 0 Å². The molecule has 4 nitrogen and oxygen atoms in total. The van der Waals surface area contributed by atoms with Gasteiger partial charge >= 0.3 is 0 Å². The highest BCUT2D eigenvalue weighted by atomic mass is 35.5. The van der Waals surface area contributed by atoms with Crippen LogP contribution in [-0.4, -0.2) is 15.9 Å². The number of rotatable bonds is 4. The van der Waals surface area contributed by atoms with Crippen molar-refractivity contribution in [1.82, 2.24) is 9.97 Å². The van der Waals surface area contributed by atoms with E-state index in [4.69, 9.17) is 34.8 Å². The number of nitrogens with zero attached hydrogens (tertiary/aromatic N) is 1. The van der Waals surface area contributed by atoms with Crippen molar-refractivity contribution in [3.8, 4) is 22.6 Å². The van der Waals surface area contributed by atoms with Crippen molar-refractivity contribution in [2.24, 2.45) is 0 Å². The van der Waals surface area contributed by atoms with E-state index in [0.717, 1.165) is 11.3 Å². The smallest absolute Gasteiger partial charge is 0.257 e. The van der Waals surface area contributed by atoms with Crippen LogP contribution < -0.4 is 5.32 Å². The van der Waals surface area contributed by atoms with Gasteiger partial charge in [0.2, 0.25) is 0 Å². The molecule has 0 aliphatic rings. The van der Waals surface area contributed by atoms with E-state index >= 15 is 0 Å². The molecule has 0 spiro atoms. The Bertz CT molecular complexity index is 1190. The first kappa shape index (κ1) is 19.5. The highest BCUT2D eigenvalue weighted by molar-refractivity contribution is 6.44. The molecule has 0 aliphatic heterocycles. The lowest BCUT2D eigenvalue weighted by Crippen LogP contribution is -2.12. The second kappa shape index (κ2) is 8.29. The second-order valence-corrected chi connectivity index (χ2v) is 7.45. The average Bonchev–Trinajstić information content (AvgIpc) is 3.22. The van der Waals surface area contributed by atoms with Gasteiger partial charge in [0.05, 0.1) is 32.5 Å². The van der Waals surface area contributed by atoms with Crippen LogP contribution in [0.3, 0.4) is 0 Å². The Labute approximate surface area is 182 Å². The molecular weight excluding hydrogens is 429 g/mol. The van der Waals surface area contributed by atoms with E-state index in [1.807, 2.05) is 30.3 Å². The molecule has 0 radical (unpaired) electrons. The molecule has 1 amide bonds. The van der Waals surface area contributed by atoms with Crippen molar-refractivity contribution in [2.75, 3.05) is 5.32 Å². The number of anilines is 1. The molecule has 3 aromatic carbocycles. The topological polar surface area (TPSA) is 57.8 Å². The lowest BCUT2D eigenvalue weighted by atomic mass is 10.1. The maximum absolute atomic E-state index is 12.6. The molecule has 0 unspecified atom stereocenters. The van der Waals surface area contributed by atoms with Gasteiger partial charge in [-0.2, -0.15) is 0 Å². The van der Waals surface area contributed by atoms with Crippen molar-refractivity contribution >= 4 is 46.4 Å². The number of halogens is 3. The van der Waals surface area contributed by atoms with Gasteiger partial charge in [-0.1, -0.05) is 71.2 Å². The van der Waals surface area contributed by atoms with Crippen LogP contribution in [0.2, 0.25) is 15.1 Å². The van der Waals surface area contributed by atoms with Gasteiger partial charge in [-0.15, -0.1) is 0 Å². The first-order valence-corrected chi connectivity index (χ1v) is 9.82. The summed E-state index contributed by atoms with van der Waals surface area (Å²) in [4.78, 5) is 20.3. The Kier molecular flexibility index (Phi) is 5.58. The van der Waals surface area contributed by atoms with Gasteiger partial charge in [0.1, 0.15) is 5.82 Å². The van der Waals surface area contributed by atoms with Gasteiger partial charge in [-0.25, -0.2) is 4.98 Å². The summed E-state index contributed by atoms with van der Waals surface area (Å²) in [6.07, 6.45) is 1.75. The molecule has 7 heteroatoms. The fraction of sp³-hybridized carbons (Fsp3) is 0. The first-order valence-electron chi connectivity index (χ1n) is 8.68. The molecular formula is C22H14Cl3N3O. The zero-order valence-corrected chi connectivity index (χ0v) is 17.2. The van der Waals surface area contributed by atoms with E-state index in [0.29, 0.717) is 32.7 Å². The van der Waals surface area contributed by atoms with Crippen molar-refractivity contribution < 1.29 is 4.79 Å². The zero-order chi connectivity index (χ0) is 20.4. The lowest BCUT2D eigenvalue weighted by Gasteiger charge is -2.10. The van der Waals surface area contributed by atoms with E-state index in [1.165, 1.54) is 0 Å². The third-order valence-corrected chi connectivity index (χ3v) is 5.48. The molecule has 29 heavy (non-hydrogen) atoms. The number of nitrogens with one attached hydrogen (secondary N) is 2. The number of imidazole rings is 1. The molecule has 0 atom stereocenters. The summed E-state index contributed by atoms with van der Waals surface area (Å²) >= 11 is 18.5. The Morgan fingerprint density at radius 1 is 0.897 bits per heavy atom. The Balaban J connectivity index is 1.62. The Hall–Kier alpha value is -2.79. The summed E-state index contributed by atoms with van der Waals surface area (Å²) < 4.78 is 0. The summed E-state index contributed by atoms with van der Waals surface area (Å²) in [7, 11) is 0. The van der Waals surface area contributed by atoms with E-state index < -0.39 is 0 Å². The van der Waals surface area contributed by atoms with Crippen LogP contribution in [0.5, 0.6) is 0 Å². The largest absolute Gasteiger partial charge is 0.338 e. The average molecular weight is 443 g/mol.